The molecule has 2 aromatic carbocycles. The van der Waals surface area contributed by atoms with Crippen LogP contribution in [-0.2, 0) is 78.3 Å². The fourth-order valence-electron chi connectivity index (χ4n) is 13.0. The zero-order chi connectivity index (χ0) is 79.3. The van der Waals surface area contributed by atoms with Gasteiger partial charge in [-0.3, -0.25) is 67.1 Å². The van der Waals surface area contributed by atoms with Crippen LogP contribution in [0.4, 0.5) is 0 Å². The first-order valence-corrected chi connectivity index (χ1v) is 36.7. The van der Waals surface area contributed by atoms with Crippen LogP contribution in [0.25, 0.3) is 11.1 Å². The number of primary amides is 4. The molecule has 4 fully saturated rings. The number of halogens is 1. The number of phenolic OH excluding ortho intramolecular Hbond substituents is 2. The summed E-state index contributed by atoms with van der Waals surface area (Å²) in [6, 6.07) is 4.27. The number of carbonyl (C=O) groups excluding carboxylic acids is 13. The second-order valence-corrected chi connectivity index (χ2v) is 29.2. The lowest BCUT2D eigenvalue weighted by Gasteiger charge is -2.32. The number of fused-ring (bicyclic) bond motifs is 5. The van der Waals surface area contributed by atoms with E-state index in [-0.39, 0.29) is 103 Å². The molecule has 0 radical (unpaired) electrons. The van der Waals surface area contributed by atoms with E-state index in [4.69, 9.17) is 44.2 Å². The highest BCUT2D eigenvalue weighted by Gasteiger charge is 2.40. The molecule has 12 atom stereocenters. The molecule has 594 valence electrons. The topological polar surface area (TPSA) is 502 Å². The van der Waals surface area contributed by atoms with Gasteiger partial charge in [0.05, 0.1) is 30.5 Å². The number of ether oxygens (including phenoxy) is 1. The van der Waals surface area contributed by atoms with Crippen LogP contribution < -0.4 is 45.0 Å². The van der Waals surface area contributed by atoms with Crippen LogP contribution in [0.15, 0.2) is 36.4 Å². The highest BCUT2D eigenvalue weighted by molar-refractivity contribution is 5.98. The number of phenols is 2. The van der Waals surface area contributed by atoms with Gasteiger partial charge in [-0.2, -0.15) is 0 Å². The van der Waals surface area contributed by atoms with Crippen molar-refractivity contribution in [2.24, 2.45) is 64.0 Å². The number of nitrogens with zero attached hydrogens (tertiary/aromatic N) is 4. The van der Waals surface area contributed by atoms with E-state index in [9.17, 15) is 77.3 Å². The van der Waals surface area contributed by atoms with Gasteiger partial charge in [0.1, 0.15) is 47.1 Å². The molecular weight excluding hydrogens is 1390 g/mol. The SMILES string of the molecule is CCCCC(=O)C[C@@H](CCCCN)C(=O)N(C)[C@@H]1C(=O)C[C@@H](C)C(=O)N[C@H](C(=O)C[C@@H](C)C(=O)N2CCC[C@H]2C(N)=O)Cc2ccc(O)c(c2)-c2cc1ccc2O.CC[C@@H](C)C(=O)O.C[C@H](CC(=O)OC(C)(C)C)C(=O)N1CCC[C@H]1C(N)=O.C[C@H](N)C(=O)N1CCC[C@H]1C(N)=O.Cl.NC(=O)[C@@H]1CCCN1. The van der Waals surface area contributed by atoms with Crippen molar-refractivity contribution in [1.29, 1.82) is 0 Å². The lowest BCUT2D eigenvalue weighted by Crippen LogP contribution is -2.49. The molecule has 7 rings (SSSR count). The molecule has 5 aliphatic heterocycles. The van der Waals surface area contributed by atoms with Crippen LogP contribution >= 0.6 is 12.4 Å². The fraction of sp³-hybridized carbons (Fsp3) is 0.653. The van der Waals surface area contributed by atoms with Crippen LogP contribution in [0.1, 0.15) is 208 Å². The summed E-state index contributed by atoms with van der Waals surface area (Å²) in [6.07, 6.45) is 9.53. The van der Waals surface area contributed by atoms with E-state index in [0.29, 0.717) is 95.1 Å². The van der Waals surface area contributed by atoms with Crippen molar-refractivity contribution >= 4 is 94.9 Å². The molecule has 5 heterocycles. The molecule has 30 nitrogen and oxygen atoms in total. The number of nitrogens with one attached hydrogen (secondary N) is 2. The number of Topliss-reactive ketones (excluding diaryl/α,β-unsaturated/α-hetero) is 3. The molecule has 0 unspecified atom stereocenters. The van der Waals surface area contributed by atoms with Gasteiger partial charge in [0.25, 0.3) is 0 Å². The number of hydrogen-bond donors (Lipinski definition) is 11. The van der Waals surface area contributed by atoms with Gasteiger partial charge in [0, 0.05) is 87.2 Å². The van der Waals surface area contributed by atoms with E-state index in [1.807, 2.05) is 13.8 Å². The van der Waals surface area contributed by atoms with Gasteiger partial charge in [-0.05, 0) is 160 Å². The van der Waals surface area contributed by atoms with E-state index in [2.05, 4.69) is 10.6 Å². The maximum absolute atomic E-state index is 14.4. The highest BCUT2D eigenvalue weighted by atomic mass is 35.5. The molecule has 106 heavy (non-hydrogen) atoms. The number of likely N-dealkylation sites (tertiary alicyclic amines) is 3. The number of aromatic hydroxyl groups is 2. The summed E-state index contributed by atoms with van der Waals surface area (Å²) in [5.74, 6) is -9.27. The Morgan fingerprint density at radius 3 is 1.59 bits per heavy atom. The fourth-order valence-corrected chi connectivity index (χ4v) is 13.0. The molecule has 9 amide bonds. The number of esters is 1. The summed E-state index contributed by atoms with van der Waals surface area (Å²) in [4.78, 5) is 178. The van der Waals surface area contributed by atoms with Crippen molar-refractivity contribution in [3.8, 4) is 22.6 Å². The average Bonchev–Trinajstić information content (AvgIpc) is 1.07. The summed E-state index contributed by atoms with van der Waals surface area (Å²) >= 11 is 0. The van der Waals surface area contributed by atoms with E-state index in [1.54, 1.807) is 67.5 Å². The number of benzene rings is 2. The van der Waals surface area contributed by atoms with Gasteiger partial charge >= 0.3 is 11.9 Å². The highest BCUT2D eigenvalue weighted by Crippen LogP contribution is 2.40. The van der Waals surface area contributed by atoms with E-state index < -0.39 is 124 Å². The lowest BCUT2D eigenvalue weighted by molar-refractivity contribution is -0.158. The van der Waals surface area contributed by atoms with Crippen LogP contribution in [-0.4, -0.2) is 199 Å². The van der Waals surface area contributed by atoms with Crippen LogP contribution in [0.3, 0.4) is 0 Å². The van der Waals surface area contributed by atoms with Gasteiger partial charge in [-0.15, -0.1) is 12.4 Å². The van der Waals surface area contributed by atoms with E-state index >= 15 is 0 Å². The van der Waals surface area contributed by atoms with E-state index in [1.165, 1.54) is 50.9 Å². The zero-order valence-electron chi connectivity index (χ0n) is 63.7. The first-order chi connectivity index (χ1) is 49.2. The summed E-state index contributed by atoms with van der Waals surface area (Å²) in [5.41, 5.74) is 32.8. The van der Waals surface area contributed by atoms with Crippen LogP contribution in [0.2, 0.25) is 0 Å². The van der Waals surface area contributed by atoms with Crippen LogP contribution in [0.5, 0.6) is 11.5 Å². The number of nitrogens with two attached hydrogens (primary N) is 6. The smallest absolute Gasteiger partial charge is 0.307 e. The third kappa shape index (κ3) is 29.3. The third-order valence-corrected chi connectivity index (χ3v) is 19.1. The summed E-state index contributed by atoms with van der Waals surface area (Å²) < 4.78 is 5.19. The minimum atomic E-state index is -1.23. The first-order valence-electron chi connectivity index (χ1n) is 36.7. The zero-order valence-corrected chi connectivity index (χ0v) is 64.5. The largest absolute Gasteiger partial charge is 0.507 e. The Bertz CT molecular complexity index is 3360. The number of amides is 9. The Morgan fingerprint density at radius 2 is 1.16 bits per heavy atom. The maximum Gasteiger partial charge on any atom is 0.307 e. The number of rotatable bonds is 25. The molecule has 5 aliphatic rings. The quantitative estimate of drug-likeness (QED) is 0.0488. The Labute approximate surface area is 629 Å². The van der Waals surface area contributed by atoms with Crippen molar-refractivity contribution in [3.05, 3.63) is 47.5 Å². The molecule has 0 spiro atoms. The molecule has 4 saturated heterocycles. The molecule has 4 bridgehead atoms. The molecule has 0 saturated carbocycles. The van der Waals surface area contributed by atoms with Crippen molar-refractivity contribution < 1.29 is 87.2 Å². The minimum Gasteiger partial charge on any atom is -0.507 e. The molecule has 2 aromatic rings. The second kappa shape index (κ2) is 45.1. The molecule has 17 N–H and O–H groups in total. The van der Waals surface area contributed by atoms with Gasteiger partial charge in [0.15, 0.2) is 11.6 Å². The number of carboxylic acids is 1. The monoisotopic (exact) mass is 1510 g/mol. The third-order valence-electron chi connectivity index (χ3n) is 19.1. The van der Waals surface area contributed by atoms with Crippen molar-refractivity contribution in [2.75, 3.05) is 39.8 Å². The number of carbonyl (C=O) groups is 14. The number of likely N-dealkylation sites (N-methyl/N-ethyl adjacent to an activating group) is 1. The Hall–Kier alpha value is -8.61. The number of unbranched alkanes of at least 4 members (excludes halogenated alkanes) is 2. The molecule has 0 aromatic heterocycles. The lowest BCUT2D eigenvalue weighted by atomic mass is 9.87. The Morgan fingerprint density at radius 1 is 0.651 bits per heavy atom. The predicted molar refractivity (Wildman–Crippen MR) is 399 cm³/mol. The Kier molecular flexibility index (Phi) is 39.8. The van der Waals surface area contributed by atoms with Crippen molar-refractivity contribution in [1.82, 2.24) is 30.2 Å². The second-order valence-electron chi connectivity index (χ2n) is 29.2. The van der Waals surface area contributed by atoms with Crippen molar-refractivity contribution in [3.63, 3.8) is 0 Å². The summed E-state index contributed by atoms with van der Waals surface area (Å²) in [7, 11) is 1.49. The number of carboxylic acid groups (broad SMARTS) is 1. The Balaban J connectivity index is 0.000000620. The van der Waals surface area contributed by atoms with Gasteiger partial charge in [-0.25, -0.2) is 0 Å². The minimum absolute atomic E-state index is 0. The van der Waals surface area contributed by atoms with Crippen LogP contribution in [0, 0.1) is 29.6 Å². The summed E-state index contributed by atoms with van der Waals surface area (Å²) in [6.45, 7) is 20.1. The normalized spacial score (nSPS) is 21.1. The number of aliphatic carboxylic acids is 1. The number of ketones is 3. The number of hydrogen-bond acceptors (Lipinski definition) is 20. The predicted octanol–water partition coefficient (Wildman–Crippen LogP) is 4.27. The average molecular weight is 1510 g/mol. The van der Waals surface area contributed by atoms with Crippen molar-refractivity contribution in [2.45, 2.75) is 246 Å². The standard InChI is InChI=1S/C43H59N5O9.C14H24N2O4.C8H15N3O2.C5H10N2O.C5H10O2.ClH/c1-5-6-11-30(49)23-29(10-7-8-17-44)43(57)47(4)39-28-14-16-36(51)32(24-28)31-21-27(13-15-35(31)50)22-33(46-41(55)25(2)19-38(39)53)37(52)20-26(3)42(56)48-18-9-12-34(48)40(45)54;1-9(8-11(17)20-14(2,3)4)13(19)16-7-5-6-10(16)12(15)18;1-5(9)8(13)11-4-2-3-6(11)7(10)12;6-5(8)4-2-1-3-7-4;1-3-4(2)5(6)7;/h13-16,21,24-26,29,33-34,39,50-51H,5-12,17-20,22-23,44H2,1-4H3,(H2,45,54)(H,46,55);9-10H,5-8H2,1-4H3,(H2,15,18);5-6H,2-4,9H2,1H3,(H2,10,12);4,7H,1-3H2,(H2,6,8);4H,3H2,1-2H3,(H,6,7);1H/t25-,26-,29-,33+,34+,39+;9-,10+;5-,6-;2*4-;/m11001./s1. The van der Waals surface area contributed by atoms with Gasteiger partial charge in [0.2, 0.25) is 53.2 Å². The van der Waals surface area contributed by atoms with Gasteiger partial charge < -0.3 is 84.7 Å². The maximum atomic E-state index is 14.4. The molecular formula is C75H119ClN12O18. The first kappa shape index (κ1) is 93.5. The molecule has 31 heteroatoms. The van der Waals surface area contributed by atoms with Gasteiger partial charge in [-0.1, -0.05) is 66.5 Å². The summed E-state index contributed by atoms with van der Waals surface area (Å²) in [5, 5.41) is 36.1. The van der Waals surface area contributed by atoms with E-state index in [0.717, 1.165) is 45.1 Å². The molecule has 0 aliphatic carbocycles.